The molecule has 10 heteroatoms. The third-order valence-electron chi connectivity index (χ3n) is 4.30. The Balaban J connectivity index is 0.00000261. The third-order valence-corrected chi connectivity index (χ3v) is 7.17. The predicted octanol–water partition coefficient (Wildman–Crippen LogP) is 2.13. The summed E-state index contributed by atoms with van der Waals surface area (Å²) in [5.74, 6) is -0.342. The van der Waals surface area contributed by atoms with E-state index >= 15 is 0 Å². The summed E-state index contributed by atoms with van der Waals surface area (Å²) in [6.45, 7) is 1.50. The van der Waals surface area contributed by atoms with Crippen molar-refractivity contribution in [3.8, 4) is 0 Å². The van der Waals surface area contributed by atoms with E-state index in [-0.39, 0.29) is 36.3 Å². The molecule has 1 saturated heterocycles. The molecule has 0 aliphatic carbocycles. The number of amides is 1. The van der Waals surface area contributed by atoms with E-state index in [2.05, 4.69) is 10.3 Å². The van der Waals surface area contributed by atoms with Crippen molar-refractivity contribution in [3.05, 3.63) is 45.9 Å². The van der Waals surface area contributed by atoms with E-state index in [1.807, 2.05) is 0 Å². The Kier molecular flexibility index (Phi) is 7.75. The number of halogens is 1. The first-order valence-corrected chi connectivity index (χ1v) is 10.8. The summed E-state index contributed by atoms with van der Waals surface area (Å²) in [4.78, 5) is 16.6. The van der Waals surface area contributed by atoms with Crippen LogP contribution in [0.3, 0.4) is 0 Å². The molecular formula is C17H23ClN4O3S2. The standard InChI is InChI=1S/C17H22N4O3S2.ClH/c18-10-16-20-14(12-25-16)17(22)19-11-13-6-2-3-7-15(13)26(23,24)21-8-4-1-5-9-21;/h2-3,6-7,12H,1,4-5,8-11,18H2,(H,19,22);1H. The number of thiazole rings is 1. The molecule has 0 bridgehead atoms. The molecule has 0 saturated carbocycles. The number of nitrogens with zero attached hydrogens (tertiary/aromatic N) is 2. The van der Waals surface area contributed by atoms with Gasteiger partial charge in [-0.25, -0.2) is 13.4 Å². The van der Waals surface area contributed by atoms with Gasteiger partial charge in [0, 0.05) is 31.6 Å². The second-order valence-corrected chi connectivity index (χ2v) is 8.93. The maximum atomic E-state index is 13.0. The maximum Gasteiger partial charge on any atom is 0.271 e. The number of piperidine rings is 1. The Morgan fingerprint density at radius 1 is 1.22 bits per heavy atom. The van der Waals surface area contributed by atoms with Gasteiger partial charge in [-0.2, -0.15) is 4.31 Å². The predicted molar refractivity (Wildman–Crippen MR) is 107 cm³/mol. The normalized spacial score (nSPS) is 15.1. The van der Waals surface area contributed by atoms with Crippen LogP contribution < -0.4 is 11.1 Å². The summed E-state index contributed by atoms with van der Waals surface area (Å²) in [5.41, 5.74) is 6.38. The van der Waals surface area contributed by atoms with Gasteiger partial charge >= 0.3 is 0 Å². The quantitative estimate of drug-likeness (QED) is 0.730. The van der Waals surface area contributed by atoms with Gasteiger partial charge in [-0.05, 0) is 24.5 Å². The van der Waals surface area contributed by atoms with Gasteiger partial charge in [0.2, 0.25) is 10.0 Å². The van der Waals surface area contributed by atoms with Gasteiger partial charge in [-0.15, -0.1) is 23.7 Å². The van der Waals surface area contributed by atoms with E-state index < -0.39 is 10.0 Å². The average molecular weight is 431 g/mol. The Morgan fingerprint density at radius 3 is 2.59 bits per heavy atom. The average Bonchev–Trinajstić information content (AvgIpc) is 3.16. The van der Waals surface area contributed by atoms with Crippen LogP contribution in [0.25, 0.3) is 0 Å². The van der Waals surface area contributed by atoms with E-state index in [1.54, 1.807) is 29.6 Å². The molecule has 27 heavy (non-hydrogen) atoms. The minimum Gasteiger partial charge on any atom is -0.347 e. The fourth-order valence-electron chi connectivity index (χ4n) is 2.92. The number of nitrogens with one attached hydrogen (secondary N) is 1. The lowest BCUT2D eigenvalue weighted by Crippen LogP contribution is -2.36. The number of rotatable bonds is 6. The maximum absolute atomic E-state index is 13.0. The lowest BCUT2D eigenvalue weighted by Gasteiger charge is -2.26. The van der Waals surface area contributed by atoms with Crippen molar-refractivity contribution in [1.29, 1.82) is 0 Å². The molecule has 1 aliphatic heterocycles. The van der Waals surface area contributed by atoms with Crippen LogP contribution in [0, 0.1) is 0 Å². The van der Waals surface area contributed by atoms with Gasteiger partial charge in [0.25, 0.3) is 5.91 Å². The first kappa shape index (κ1) is 21.8. The number of carbonyl (C=O) groups is 1. The largest absolute Gasteiger partial charge is 0.347 e. The van der Waals surface area contributed by atoms with Gasteiger partial charge in [-0.1, -0.05) is 24.6 Å². The molecule has 0 spiro atoms. The van der Waals surface area contributed by atoms with Gasteiger partial charge in [-0.3, -0.25) is 4.79 Å². The highest BCUT2D eigenvalue weighted by Gasteiger charge is 2.28. The molecule has 1 aromatic carbocycles. The van der Waals surface area contributed by atoms with E-state index in [9.17, 15) is 13.2 Å². The summed E-state index contributed by atoms with van der Waals surface area (Å²) >= 11 is 1.33. The summed E-state index contributed by atoms with van der Waals surface area (Å²) in [6, 6.07) is 6.80. The van der Waals surface area contributed by atoms with E-state index in [4.69, 9.17) is 5.73 Å². The molecule has 1 amide bonds. The van der Waals surface area contributed by atoms with Crippen molar-refractivity contribution in [2.75, 3.05) is 13.1 Å². The third kappa shape index (κ3) is 5.05. The van der Waals surface area contributed by atoms with Crippen LogP contribution in [-0.2, 0) is 23.1 Å². The van der Waals surface area contributed by atoms with Crippen LogP contribution >= 0.6 is 23.7 Å². The van der Waals surface area contributed by atoms with Gasteiger partial charge in [0.15, 0.2) is 0 Å². The molecular weight excluding hydrogens is 408 g/mol. The molecule has 2 aromatic rings. The molecule has 3 N–H and O–H groups in total. The van der Waals surface area contributed by atoms with Crippen molar-refractivity contribution in [3.63, 3.8) is 0 Å². The van der Waals surface area contributed by atoms with E-state index in [1.165, 1.54) is 15.6 Å². The van der Waals surface area contributed by atoms with Gasteiger partial charge < -0.3 is 11.1 Å². The first-order valence-electron chi connectivity index (χ1n) is 8.53. The minimum atomic E-state index is -3.55. The minimum absolute atomic E-state index is 0. The van der Waals surface area contributed by atoms with Crippen LogP contribution in [0.15, 0.2) is 34.5 Å². The van der Waals surface area contributed by atoms with Crippen molar-refractivity contribution in [1.82, 2.24) is 14.6 Å². The van der Waals surface area contributed by atoms with Crippen LogP contribution in [0.2, 0.25) is 0 Å². The molecule has 0 unspecified atom stereocenters. The zero-order valence-corrected chi connectivity index (χ0v) is 17.2. The van der Waals surface area contributed by atoms with Crippen LogP contribution in [0.4, 0.5) is 0 Å². The first-order chi connectivity index (χ1) is 12.5. The van der Waals surface area contributed by atoms with E-state index in [0.29, 0.717) is 29.4 Å². The van der Waals surface area contributed by atoms with Crippen molar-refractivity contribution in [2.24, 2.45) is 5.73 Å². The molecule has 0 radical (unpaired) electrons. The number of aromatic nitrogens is 1. The lowest BCUT2D eigenvalue weighted by molar-refractivity contribution is 0.0946. The Morgan fingerprint density at radius 2 is 1.93 bits per heavy atom. The van der Waals surface area contributed by atoms with Crippen molar-refractivity contribution in [2.45, 2.75) is 37.2 Å². The smallest absolute Gasteiger partial charge is 0.271 e. The van der Waals surface area contributed by atoms with Crippen LogP contribution in [-0.4, -0.2) is 36.7 Å². The second kappa shape index (κ2) is 9.61. The zero-order valence-electron chi connectivity index (χ0n) is 14.8. The molecule has 3 rings (SSSR count). The number of hydrogen-bond acceptors (Lipinski definition) is 6. The molecule has 2 heterocycles. The number of nitrogens with two attached hydrogens (primary N) is 1. The topological polar surface area (TPSA) is 105 Å². The van der Waals surface area contributed by atoms with Crippen molar-refractivity contribution >= 4 is 39.7 Å². The number of benzene rings is 1. The molecule has 1 fully saturated rings. The highest BCUT2D eigenvalue weighted by atomic mass is 35.5. The fourth-order valence-corrected chi connectivity index (χ4v) is 5.31. The van der Waals surface area contributed by atoms with E-state index in [0.717, 1.165) is 19.3 Å². The molecule has 1 aromatic heterocycles. The molecule has 148 valence electrons. The van der Waals surface area contributed by atoms with Gasteiger partial charge in [0.05, 0.1) is 4.90 Å². The second-order valence-electron chi connectivity index (χ2n) is 6.09. The SMILES string of the molecule is Cl.NCc1nc(C(=O)NCc2ccccc2S(=O)(=O)N2CCCCC2)cs1. The Hall–Kier alpha value is -1.52. The zero-order chi connectivity index (χ0) is 18.6. The molecule has 7 nitrogen and oxygen atoms in total. The number of sulfonamides is 1. The van der Waals surface area contributed by atoms with Crippen LogP contribution in [0.1, 0.15) is 40.3 Å². The van der Waals surface area contributed by atoms with Gasteiger partial charge in [0.1, 0.15) is 10.7 Å². The summed E-state index contributed by atoms with van der Waals surface area (Å²) < 4.78 is 27.4. The highest BCUT2D eigenvalue weighted by Crippen LogP contribution is 2.23. The Labute approximate surface area is 169 Å². The molecule has 1 aliphatic rings. The highest BCUT2D eigenvalue weighted by molar-refractivity contribution is 7.89. The Bertz CT molecular complexity index is 880. The lowest BCUT2D eigenvalue weighted by atomic mass is 10.2. The fraction of sp³-hybridized carbons (Fsp3) is 0.412. The number of carbonyl (C=O) groups excluding carboxylic acids is 1. The monoisotopic (exact) mass is 430 g/mol. The summed E-state index contributed by atoms with van der Waals surface area (Å²) in [5, 5.41) is 5.08. The number of hydrogen-bond donors (Lipinski definition) is 2. The summed E-state index contributed by atoms with van der Waals surface area (Å²) in [7, 11) is -3.55. The molecule has 0 atom stereocenters. The summed E-state index contributed by atoms with van der Waals surface area (Å²) in [6.07, 6.45) is 2.82. The van der Waals surface area contributed by atoms with Crippen LogP contribution in [0.5, 0.6) is 0 Å². The van der Waals surface area contributed by atoms with Crippen molar-refractivity contribution < 1.29 is 13.2 Å².